The molecular weight excluding hydrogens is 256 g/mol. The molecular formula is C12H15ClN2O3. The van der Waals surface area contributed by atoms with Crippen LogP contribution in [0, 0.1) is 10.1 Å². The van der Waals surface area contributed by atoms with Crippen LogP contribution < -0.4 is 0 Å². The van der Waals surface area contributed by atoms with Crippen molar-refractivity contribution in [2.75, 3.05) is 13.2 Å². The van der Waals surface area contributed by atoms with Crippen LogP contribution in [0.5, 0.6) is 0 Å². The number of nitro groups is 1. The summed E-state index contributed by atoms with van der Waals surface area (Å²) in [4.78, 5) is 12.6. The summed E-state index contributed by atoms with van der Waals surface area (Å²) in [6.07, 6.45) is 1.96. The first-order valence-corrected chi connectivity index (χ1v) is 6.27. The van der Waals surface area contributed by atoms with Crippen LogP contribution in [0.2, 0.25) is 5.02 Å². The standard InChI is InChI=1S/C12H15ClN2O3/c13-10-4-3-9(12(6-10)15(17)18)7-14-5-1-2-11(14)8-16/h3-4,6,11,16H,1-2,5,7-8H2/t11-/m1/s1. The Morgan fingerprint density at radius 1 is 1.56 bits per heavy atom. The van der Waals surface area contributed by atoms with E-state index in [2.05, 4.69) is 4.90 Å². The molecule has 1 aromatic carbocycles. The summed E-state index contributed by atoms with van der Waals surface area (Å²) >= 11 is 5.78. The van der Waals surface area contributed by atoms with Gasteiger partial charge in [0.25, 0.3) is 5.69 Å². The quantitative estimate of drug-likeness (QED) is 0.673. The Kier molecular flexibility index (Phi) is 4.16. The highest BCUT2D eigenvalue weighted by Crippen LogP contribution is 2.27. The van der Waals surface area contributed by atoms with E-state index in [1.165, 1.54) is 6.07 Å². The number of rotatable bonds is 4. The van der Waals surface area contributed by atoms with E-state index < -0.39 is 4.92 Å². The highest BCUT2D eigenvalue weighted by Gasteiger charge is 2.26. The Labute approximate surface area is 110 Å². The Morgan fingerprint density at radius 3 is 3.00 bits per heavy atom. The lowest BCUT2D eigenvalue weighted by molar-refractivity contribution is -0.385. The summed E-state index contributed by atoms with van der Waals surface area (Å²) in [6.45, 7) is 1.45. The van der Waals surface area contributed by atoms with Crippen LogP contribution >= 0.6 is 11.6 Å². The lowest BCUT2D eigenvalue weighted by atomic mass is 10.1. The first-order valence-electron chi connectivity index (χ1n) is 5.89. The van der Waals surface area contributed by atoms with Crippen molar-refractivity contribution in [3.63, 3.8) is 0 Å². The normalized spacial score (nSPS) is 20.2. The van der Waals surface area contributed by atoms with Crippen LogP contribution in [0.1, 0.15) is 18.4 Å². The maximum atomic E-state index is 11.0. The molecule has 6 heteroatoms. The Morgan fingerprint density at radius 2 is 2.33 bits per heavy atom. The van der Waals surface area contributed by atoms with Crippen molar-refractivity contribution in [1.29, 1.82) is 0 Å². The van der Waals surface area contributed by atoms with Crippen LogP contribution in [0.3, 0.4) is 0 Å². The second kappa shape index (κ2) is 5.65. The number of benzene rings is 1. The van der Waals surface area contributed by atoms with E-state index in [0.29, 0.717) is 17.1 Å². The molecule has 5 nitrogen and oxygen atoms in total. The predicted octanol–water partition coefficient (Wildman–Crippen LogP) is 2.20. The molecule has 0 saturated carbocycles. The highest BCUT2D eigenvalue weighted by molar-refractivity contribution is 6.30. The predicted molar refractivity (Wildman–Crippen MR) is 68.6 cm³/mol. The number of halogens is 1. The van der Waals surface area contributed by atoms with Gasteiger partial charge in [-0.2, -0.15) is 0 Å². The third kappa shape index (κ3) is 2.80. The summed E-state index contributed by atoms with van der Waals surface area (Å²) in [7, 11) is 0. The van der Waals surface area contributed by atoms with Gasteiger partial charge in [0.1, 0.15) is 0 Å². The summed E-state index contributed by atoms with van der Waals surface area (Å²) in [5, 5.41) is 20.6. The molecule has 1 atom stereocenters. The van der Waals surface area contributed by atoms with E-state index in [9.17, 15) is 15.2 Å². The van der Waals surface area contributed by atoms with E-state index in [0.717, 1.165) is 19.4 Å². The van der Waals surface area contributed by atoms with Gasteiger partial charge in [0, 0.05) is 29.2 Å². The molecule has 0 radical (unpaired) electrons. The molecule has 0 amide bonds. The first kappa shape index (κ1) is 13.3. The van der Waals surface area contributed by atoms with Gasteiger partial charge in [0.2, 0.25) is 0 Å². The van der Waals surface area contributed by atoms with Crippen molar-refractivity contribution in [2.45, 2.75) is 25.4 Å². The van der Waals surface area contributed by atoms with Crippen molar-refractivity contribution in [1.82, 2.24) is 4.90 Å². The molecule has 1 aliphatic heterocycles. The SMILES string of the molecule is O=[N+]([O-])c1cc(Cl)ccc1CN1CCC[C@@H]1CO. The molecule has 1 saturated heterocycles. The highest BCUT2D eigenvalue weighted by atomic mass is 35.5. The number of aliphatic hydroxyl groups is 1. The molecule has 0 aliphatic carbocycles. The fourth-order valence-corrected chi connectivity index (χ4v) is 2.54. The van der Waals surface area contributed by atoms with Crippen LogP contribution in [-0.4, -0.2) is 34.1 Å². The second-order valence-corrected chi connectivity index (χ2v) is 4.92. The molecule has 1 aliphatic rings. The minimum atomic E-state index is -0.411. The average Bonchev–Trinajstić information content (AvgIpc) is 2.78. The summed E-state index contributed by atoms with van der Waals surface area (Å²) in [5.41, 5.74) is 0.691. The van der Waals surface area contributed by atoms with Crippen molar-refractivity contribution >= 4 is 17.3 Å². The van der Waals surface area contributed by atoms with E-state index in [4.69, 9.17) is 11.6 Å². The third-order valence-electron chi connectivity index (χ3n) is 3.33. The molecule has 1 fully saturated rings. The lowest BCUT2D eigenvalue weighted by Crippen LogP contribution is -2.31. The van der Waals surface area contributed by atoms with Gasteiger partial charge in [0.05, 0.1) is 11.5 Å². The Hall–Kier alpha value is -1.17. The number of likely N-dealkylation sites (tertiary alicyclic amines) is 1. The van der Waals surface area contributed by atoms with Gasteiger partial charge < -0.3 is 5.11 Å². The Balaban J connectivity index is 2.20. The van der Waals surface area contributed by atoms with Gasteiger partial charge in [-0.15, -0.1) is 0 Å². The van der Waals surface area contributed by atoms with Crippen molar-refractivity contribution < 1.29 is 10.0 Å². The van der Waals surface area contributed by atoms with Gasteiger partial charge in [0.15, 0.2) is 0 Å². The fourth-order valence-electron chi connectivity index (χ4n) is 2.37. The van der Waals surface area contributed by atoms with Gasteiger partial charge in [-0.25, -0.2) is 0 Å². The summed E-state index contributed by atoms with van der Waals surface area (Å²) in [5.74, 6) is 0. The van der Waals surface area contributed by atoms with Gasteiger partial charge in [-0.05, 0) is 31.5 Å². The van der Waals surface area contributed by atoms with Crippen LogP contribution in [-0.2, 0) is 6.54 Å². The monoisotopic (exact) mass is 270 g/mol. The third-order valence-corrected chi connectivity index (χ3v) is 3.56. The average molecular weight is 271 g/mol. The Bertz CT molecular complexity index is 453. The van der Waals surface area contributed by atoms with Crippen molar-refractivity contribution in [3.8, 4) is 0 Å². The zero-order valence-corrected chi connectivity index (χ0v) is 10.6. The fraction of sp³-hybridized carbons (Fsp3) is 0.500. The molecule has 2 rings (SSSR count). The van der Waals surface area contributed by atoms with E-state index in [-0.39, 0.29) is 18.3 Å². The number of nitro benzene ring substituents is 1. The zero-order chi connectivity index (χ0) is 13.1. The molecule has 0 unspecified atom stereocenters. The minimum absolute atomic E-state index is 0.0473. The molecule has 18 heavy (non-hydrogen) atoms. The summed E-state index contributed by atoms with van der Waals surface area (Å²) in [6, 6.07) is 4.84. The smallest absolute Gasteiger partial charge is 0.275 e. The van der Waals surface area contributed by atoms with Crippen LogP contribution in [0.4, 0.5) is 5.69 Å². The molecule has 98 valence electrons. The first-order chi connectivity index (χ1) is 8.61. The molecule has 0 spiro atoms. The molecule has 1 N–H and O–H groups in total. The van der Waals surface area contributed by atoms with Gasteiger partial charge in [-0.3, -0.25) is 15.0 Å². The van der Waals surface area contributed by atoms with E-state index >= 15 is 0 Å². The lowest BCUT2D eigenvalue weighted by Gasteiger charge is -2.22. The summed E-state index contributed by atoms with van der Waals surface area (Å²) < 4.78 is 0. The topological polar surface area (TPSA) is 66.6 Å². The number of nitrogens with zero attached hydrogens (tertiary/aromatic N) is 2. The number of hydrogen-bond donors (Lipinski definition) is 1. The number of aliphatic hydroxyl groups excluding tert-OH is 1. The minimum Gasteiger partial charge on any atom is -0.395 e. The largest absolute Gasteiger partial charge is 0.395 e. The number of hydrogen-bond acceptors (Lipinski definition) is 4. The van der Waals surface area contributed by atoms with Crippen molar-refractivity contribution in [2.24, 2.45) is 0 Å². The van der Waals surface area contributed by atoms with E-state index in [1.807, 2.05) is 0 Å². The van der Waals surface area contributed by atoms with Gasteiger partial charge in [-0.1, -0.05) is 11.6 Å². The molecule has 1 heterocycles. The molecule has 0 aromatic heterocycles. The van der Waals surface area contributed by atoms with Gasteiger partial charge >= 0.3 is 0 Å². The second-order valence-electron chi connectivity index (χ2n) is 4.48. The van der Waals surface area contributed by atoms with Crippen molar-refractivity contribution in [3.05, 3.63) is 38.9 Å². The van der Waals surface area contributed by atoms with E-state index in [1.54, 1.807) is 12.1 Å². The van der Waals surface area contributed by atoms with Crippen LogP contribution in [0.25, 0.3) is 0 Å². The zero-order valence-electron chi connectivity index (χ0n) is 9.88. The maximum absolute atomic E-state index is 11.0. The molecule has 0 bridgehead atoms. The maximum Gasteiger partial charge on any atom is 0.275 e. The van der Waals surface area contributed by atoms with Crippen LogP contribution in [0.15, 0.2) is 18.2 Å². The molecule has 1 aromatic rings.